The van der Waals surface area contributed by atoms with Crippen LogP contribution in [0.5, 0.6) is 0 Å². The van der Waals surface area contributed by atoms with Crippen LogP contribution in [0.15, 0.2) is 5.16 Å². The van der Waals surface area contributed by atoms with Gasteiger partial charge in [0.15, 0.2) is 5.84 Å². The highest BCUT2D eigenvalue weighted by Crippen LogP contribution is 2.16. The lowest BCUT2D eigenvalue weighted by molar-refractivity contribution is 0.0843. The number of likely N-dealkylation sites (tertiary alicyclic amines) is 1. The van der Waals surface area contributed by atoms with E-state index < -0.39 is 0 Å². The Kier molecular flexibility index (Phi) is 6.96. The Bertz CT molecular complexity index is 234. The van der Waals surface area contributed by atoms with Gasteiger partial charge in [-0.15, -0.1) is 0 Å². The number of piperidine rings is 1. The summed E-state index contributed by atoms with van der Waals surface area (Å²) in [5.74, 6) is 0.332. The fraction of sp³-hybridized carbons (Fsp3) is 0.917. The summed E-state index contributed by atoms with van der Waals surface area (Å²) in [7, 11) is 0. The predicted octanol–water partition coefficient (Wildman–Crippen LogP) is 1.40. The summed E-state index contributed by atoms with van der Waals surface area (Å²) in [4.78, 5) is 2.25. The highest BCUT2D eigenvalue weighted by atomic mass is 16.5. The van der Waals surface area contributed by atoms with Crippen LogP contribution in [0.1, 0.15) is 39.0 Å². The van der Waals surface area contributed by atoms with E-state index in [2.05, 4.69) is 17.0 Å². The summed E-state index contributed by atoms with van der Waals surface area (Å²) in [6, 6.07) is 0.0866. The lowest BCUT2D eigenvalue weighted by atomic mass is 10.0. The van der Waals surface area contributed by atoms with E-state index in [4.69, 9.17) is 15.7 Å². The normalized spacial score (nSPS) is 22.9. The summed E-state index contributed by atoms with van der Waals surface area (Å²) in [6.45, 7) is 5.60. The maximum absolute atomic E-state index is 8.75. The van der Waals surface area contributed by atoms with Crippen LogP contribution in [0.2, 0.25) is 0 Å². The minimum atomic E-state index is 0.0866. The third kappa shape index (κ3) is 4.91. The van der Waals surface area contributed by atoms with Crippen molar-refractivity contribution < 1.29 is 9.94 Å². The number of hydrogen-bond donors (Lipinski definition) is 2. The van der Waals surface area contributed by atoms with Gasteiger partial charge in [0.1, 0.15) is 0 Å². The van der Waals surface area contributed by atoms with Gasteiger partial charge in [-0.25, -0.2) is 0 Å². The summed E-state index contributed by atoms with van der Waals surface area (Å²) in [5, 5.41) is 11.9. The molecule has 0 spiro atoms. The molecule has 0 aliphatic carbocycles. The molecular weight excluding hydrogens is 218 g/mol. The molecule has 1 aliphatic heterocycles. The molecule has 0 aromatic carbocycles. The number of rotatable bonds is 7. The van der Waals surface area contributed by atoms with Crippen LogP contribution >= 0.6 is 0 Å². The number of nitrogens with zero attached hydrogens (tertiary/aromatic N) is 2. The Morgan fingerprint density at radius 3 is 3.00 bits per heavy atom. The monoisotopic (exact) mass is 243 g/mol. The maximum Gasteiger partial charge on any atom is 0.156 e. The second-order valence-corrected chi connectivity index (χ2v) is 4.54. The zero-order valence-electron chi connectivity index (χ0n) is 10.8. The van der Waals surface area contributed by atoms with Gasteiger partial charge < -0.3 is 15.7 Å². The first-order valence-electron chi connectivity index (χ1n) is 6.58. The van der Waals surface area contributed by atoms with Crippen LogP contribution in [-0.4, -0.2) is 48.3 Å². The topological polar surface area (TPSA) is 71.1 Å². The van der Waals surface area contributed by atoms with Gasteiger partial charge in [-0.2, -0.15) is 0 Å². The van der Waals surface area contributed by atoms with Gasteiger partial charge in [0.05, 0.1) is 12.6 Å². The average molecular weight is 243 g/mol. The number of ether oxygens (including phenoxy) is 1. The van der Waals surface area contributed by atoms with Crippen LogP contribution in [0.3, 0.4) is 0 Å². The average Bonchev–Trinajstić information content (AvgIpc) is 2.38. The second kappa shape index (κ2) is 8.31. The summed E-state index contributed by atoms with van der Waals surface area (Å²) in [6.07, 6.45) is 5.59. The molecule has 1 atom stereocenters. The van der Waals surface area contributed by atoms with Crippen molar-refractivity contribution in [2.24, 2.45) is 10.9 Å². The van der Waals surface area contributed by atoms with Crippen molar-refractivity contribution in [1.29, 1.82) is 0 Å². The molecule has 1 rings (SSSR count). The molecule has 1 heterocycles. The molecule has 0 saturated carbocycles. The number of hydrogen-bond acceptors (Lipinski definition) is 4. The highest BCUT2D eigenvalue weighted by molar-refractivity contribution is 5.85. The van der Waals surface area contributed by atoms with Crippen LogP contribution < -0.4 is 5.73 Å². The molecule has 1 aliphatic rings. The zero-order valence-corrected chi connectivity index (χ0v) is 10.8. The minimum Gasteiger partial charge on any atom is -0.409 e. The van der Waals surface area contributed by atoms with E-state index in [0.717, 1.165) is 52.0 Å². The van der Waals surface area contributed by atoms with Gasteiger partial charge in [0, 0.05) is 13.2 Å². The first-order valence-corrected chi connectivity index (χ1v) is 6.58. The van der Waals surface area contributed by atoms with Crippen molar-refractivity contribution >= 4 is 5.84 Å². The first-order chi connectivity index (χ1) is 8.29. The quantitative estimate of drug-likeness (QED) is 0.233. The van der Waals surface area contributed by atoms with Gasteiger partial charge in [0.2, 0.25) is 0 Å². The lowest BCUT2D eigenvalue weighted by Gasteiger charge is -2.34. The SMILES string of the molecule is CCCCOCCN1CCCCC1C(N)=NO. The van der Waals surface area contributed by atoms with Crippen LogP contribution in [-0.2, 0) is 4.74 Å². The zero-order chi connectivity index (χ0) is 12.5. The number of nitrogens with two attached hydrogens (primary N) is 1. The second-order valence-electron chi connectivity index (χ2n) is 4.54. The molecule has 5 nitrogen and oxygen atoms in total. The summed E-state index contributed by atoms with van der Waals surface area (Å²) < 4.78 is 5.55. The van der Waals surface area contributed by atoms with E-state index in [1.54, 1.807) is 0 Å². The molecule has 0 aromatic rings. The molecule has 1 saturated heterocycles. The van der Waals surface area contributed by atoms with Crippen molar-refractivity contribution in [2.75, 3.05) is 26.3 Å². The summed E-state index contributed by atoms with van der Waals surface area (Å²) >= 11 is 0. The third-order valence-corrected chi connectivity index (χ3v) is 3.24. The van der Waals surface area contributed by atoms with Crippen molar-refractivity contribution in [2.45, 2.75) is 45.1 Å². The Balaban J connectivity index is 2.28. The van der Waals surface area contributed by atoms with E-state index in [9.17, 15) is 0 Å². The van der Waals surface area contributed by atoms with Gasteiger partial charge in [0.25, 0.3) is 0 Å². The van der Waals surface area contributed by atoms with Gasteiger partial charge in [-0.1, -0.05) is 24.9 Å². The molecule has 0 bridgehead atoms. The molecule has 0 aromatic heterocycles. The molecule has 1 fully saturated rings. The van der Waals surface area contributed by atoms with E-state index in [0.29, 0.717) is 5.84 Å². The van der Waals surface area contributed by atoms with Gasteiger partial charge in [-0.3, -0.25) is 4.90 Å². The lowest BCUT2D eigenvalue weighted by Crippen LogP contribution is -2.48. The van der Waals surface area contributed by atoms with Crippen molar-refractivity contribution in [3.05, 3.63) is 0 Å². The smallest absolute Gasteiger partial charge is 0.156 e. The molecule has 100 valence electrons. The number of oxime groups is 1. The first kappa shape index (κ1) is 14.3. The van der Waals surface area contributed by atoms with E-state index in [1.807, 2.05) is 0 Å². The van der Waals surface area contributed by atoms with E-state index in [1.165, 1.54) is 6.42 Å². The van der Waals surface area contributed by atoms with Gasteiger partial charge in [-0.05, 0) is 25.8 Å². The van der Waals surface area contributed by atoms with Crippen LogP contribution in [0, 0.1) is 0 Å². The van der Waals surface area contributed by atoms with E-state index in [-0.39, 0.29) is 6.04 Å². The molecule has 0 radical (unpaired) electrons. The highest BCUT2D eigenvalue weighted by Gasteiger charge is 2.25. The molecule has 1 unspecified atom stereocenters. The maximum atomic E-state index is 8.75. The van der Waals surface area contributed by atoms with Crippen molar-refractivity contribution in [1.82, 2.24) is 4.90 Å². The Morgan fingerprint density at radius 2 is 2.29 bits per heavy atom. The molecular formula is C12H25N3O2. The minimum absolute atomic E-state index is 0.0866. The molecule has 0 amide bonds. The fourth-order valence-corrected chi connectivity index (χ4v) is 2.19. The molecule has 17 heavy (non-hydrogen) atoms. The van der Waals surface area contributed by atoms with Crippen LogP contribution in [0.25, 0.3) is 0 Å². The standard InChI is InChI=1S/C12H25N3O2/c1-2-3-9-17-10-8-15-7-5-4-6-11(15)12(13)14-16/h11,16H,2-10H2,1H3,(H2,13,14). The largest absolute Gasteiger partial charge is 0.409 e. The van der Waals surface area contributed by atoms with E-state index >= 15 is 0 Å². The van der Waals surface area contributed by atoms with Crippen LogP contribution in [0.4, 0.5) is 0 Å². The predicted molar refractivity (Wildman–Crippen MR) is 68.3 cm³/mol. The number of unbranched alkanes of at least 4 members (excludes halogenated alkanes) is 1. The Morgan fingerprint density at radius 1 is 1.47 bits per heavy atom. The summed E-state index contributed by atoms with van der Waals surface area (Å²) in [5.41, 5.74) is 5.71. The van der Waals surface area contributed by atoms with Crippen molar-refractivity contribution in [3.63, 3.8) is 0 Å². The number of amidine groups is 1. The van der Waals surface area contributed by atoms with Crippen molar-refractivity contribution in [3.8, 4) is 0 Å². The molecule has 3 N–H and O–H groups in total. The van der Waals surface area contributed by atoms with Gasteiger partial charge >= 0.3 is 0 Å². The Hall–Kier alpha value is -0.810. The Labute approximate surface area is 104 Å². The molecule has 5 heteroatoms. The third-order valence-electron chi connectivity index (χ3n) is 3.24. The fourth-order valence-electron chi connectivity index (χ4n) is 2.19.